The molecule has 0 bridgehead atoms. The first kappa shape index (κ1) is 13.1. The molecule has 2 aromatic rings. The van der Waals surface area contributed by atoms with Crippen LogP contribution in [-0.2, 0) is 9.53 Å². The van der Waals surface area contributed by atoms with Gasteiger partial charge >= 0.3 is 5.97 Å². The number of nitrogens with zero attached hydrogens (tertiary/aromatic N) is 1. The molecule has 1 aliphatic heterocycles. The van der Waals surface area contributed by atoms with Gasteiger partial charge in [-0.25, -0.2) is 9.79 Å². The molecule has 0 amide bonds. The monoisotopic (exact) mass is 379 g/mol. The van der Waals surface area contributed by atoms with Gasteiger partial charge in [0.25, 0.3) is 0 Å². The highest BCUT2D eigenvalue weighted by atomic mass is 127. The Labute approximate surface area is 129 Å². The van der Waals surface area contributed by atoms with Gasteiger partial charge in [-0.05, 0) is 53.3 Å². The average molecular weight is 379 g/mol. The number of benzene rings is 1. The molecule has 0 fully saturated rings. The number of aryl methyl sites for hydroxylation is 1. The molecule has 0 saturated heterocycles. The lowest BCUT2D eigenvalue weighted by Gasteiger charge is -2.02. The summed E-state index contributed by atoms with van der Waals surface area (Å²) >= 11 is 2.06. The van der Waals surface area contributed by atoms with Crippen molar-refractivity contribution in [3.63, 3.8) is 0 Å². The normalized spacial score (nSPS) is 16.4. The Kier molecular flexibility index (Phi) is 3.43. The van der Waals surface area contributed by atoms with Crippen molar-refractivity contribution in [2.75, 3.05) is 0 Å². The highest BCUT2D eigenvalue weighted by Gasteiger charge is 2.25. The van der Waals surface area contributed by atoms with Crippen molar-refractivity contribution in [3.8, 4) is 0 Å². The largest absolute Gasteiger partial charge is 0.451 e. The molecule has 0 aliphatic carbocycles. The van der Waals surface area contributed by atoms with Crippen LogP contribution in [0.4, 0.5) is 0 Å². The molecule has 100 valence electrons. The number of rotatable bonds is 2. The highest BCUT2D eigenvalue weighted by molar-refractivity contribution is 14.1. The zero-order valence-corrected chi connectivity index (χ0v) is 12.7. The number of aliphatic imine (C=N–C) groups is 1. The fourth-order valence-electron chi connectivity index (χ4n) is 1.88. The van der Waals surface area contributed by atoms with E-state index in [0.717, 1.165) is 14.9 Å². The predicted octanol–water partition coefficient (Wildman–Crippen LogP) is 3.54. The van der Waals surface area contributed by atoms with Crippen LogP contribution in [0.2, 0.25) is 0 Å². The first-order valence-corrected chi connectivity index (χ1v) is 7.05. The van der Waals surface area contributed by atoms with E-state index >= 15 is 0 Å². The smallest absolute Gasteiger partial charge is 0.363 e. The number of cyclic esters (lactones) is 1. The minimum atomic E-state index is -0.463. The van der Waals surface area contributed by atoms with Gasteiger partial charge in [-0.1, -0.05) is 18.2 Å². The topological polar surface area (TPSA) is 51.8 Å². The number of esters is 1. The van der Waals surface area contributed by atoms with E-state index < -0.39 is 5.97 Å². The van der Waals surface area contributed by atoms with Crippen molar-refractivity contribution < 1.29 is 13.9 Å². The van der Waals surface area contributed by atoms with Gasteiger partial charge < -0.3 is 9.15 Å². The molecule has 0 atom stereocenters. The van der Waals surface area contributed by atoms with Gasteiger partial charge in [-0.2, -0.15) is 0 Å². The Hall–Kier alpha value is -1.89. The van der Waals surface area contributed by atoms with Gasteiger partial charge in [-0.3, -0.25) is 0 Å². The number of hydrogen-bond donors (Lipinski definition) is 0. The summed E-state index contributed by atoms with van der Waals surface area (Å²) in [7, 11) is 0. The van der Waals surface area contributed by atoms with Crippen LogP contribution in [0.5, 0.6) is 0 Å². The molecule has 3 rings (SSSR count). The number of carbonyl (C=O) groups is 1. The number of furan rings is 1. The van der Waals surface area contributed by atoms with Crippen LogP contribution < -0.4 is 0 Å². The van der Waals surface area contributed by atoms with Gasteiger partial charge in [0.05, 0.1) is 0 Å². The van der Waals surface area contributed by atoms with Gasteiger partial charge in [-0.15, -0.1) is 0 Å². The van der Waals surface area contributed by atoms with Crippen LogP contribution in [0, 0.1) is 10.7 Å². The summed E-state index contributed by atoms with van der Waals surface area (Å²) < 4.78 is 11.4. The molecule has 4 nitrogen and oxygen atoms in total. The standard InChI is InChI=1S/C15H10INO3/c1-9-4-2-3-5-11(9)14-17-12(15(18)20-14)8-10-6-7-13(16)19-10/h2-8H,1H3. The summed E-state index contributed by atoms with van der Waals surface area (Å²) in [5.41, 5.74) is 2.07. The zero-order chi connectivity index (χ0) is 14.1. The van der Waals surface area contributed by atoms with Crippen molar-refractivity contribution in [2.24, 2.45) is 4.99 Å². The van der Waals surface area contributed by atoms with Crippen molar-refractivity contribution >= 4 is 40.5 Å². The maximum Gasteiger partial charge on any atom is 0.363 e. The van der Waals surface area contributed by atoms with Gasteiger partial charge in [0.15, 0.2) is 9.46 Å². The maximum atomic E-state index is 11.8. The molecule has 0 spiro atoms. The molecule has 20 heavy (non-hydrogen) atoms. The van der Waals surface area contributed by atoms with E-state index in [1.807, 2.05) is 37.3 Å². The van der Waals surface area contributed by atoms with E-state index in [1.54, 1.807) is 12.1 Å². The highest BCUT2D eigenvalue weighted by Crippen LogP contribution is 2.21. The Balaban J connectivity index is 1.97. The van der Waals surface area contributed by atoms with E-state index in [4.69, 9.17) is 9.15 Å². The van der Waals surface area contributed by atoms with Crippen LogP contribution >= 0.6 is 22.6 Å². The summed E-state index contributed by atoms with van der Waals surface area (Å²) in [6.07, 6.45) is 1.58. The van der Waals surface area contributed by atoms with E-state index in [0.29, 0.717) is 11.7 Å². The predicted molar refractivity (Wildman–Crippen MR) is 83.2 cm³/mol. The van der Waals surface area contributed by atoms with Crippen LogP contribution in [0.15, 0.2) is 51.5 Å². The molecule has 0 unspecified atom stereocenters. The third-order valence-electron chi connectivity index (χ3n) is 2.87. The van der Waals surface area contributed by atoms with Crippen molar-refractivity contribution in [1.82, 2.24) is 0 Å². The molecule has 1 aromatic carbocycles. The summed E-state index contributed by atoms with van der Waals surface area (Å²) in [6.45, 7) is 1.95. The minimum absolute atomic E-state index is 0.244. The third-order valence-corrected chi connectivity index (χ3v) is 3.45. The first-order valence-electron chi connectivity index (χ1n) is 5.97. The second kappa shape index (κ2) is 5.24. The summed E-state index contributed by atoms with van der Waals surface area (Å²) in [5.74, 6) is 0.450. The Morgan fingerprint density at radius 2 is 2.00 bits per heavy atom. The summed E-state index contributed by atoms with van der Waals surface area (Å²) in [6, 6.07) is 11.2. The minimum Gasteiger partial charge on any atom is -0.451 e. The van der Waals surface area contributed by atoms with Gasteiger partial charge in [0, 0.05) is 11.6 Å². The maximum absolute atomic E-state index is 11.8. The second-order valence-electron chi connectivity index (χ2n) is 4.29. The first-order chi connectivity index (χ1) is 9.63. The van der Waals surface area contributed by atoms with Gasteiger partial charge in [0.2, 0.25) is 5.90 Å². The van der Waals surface area contributed by atoms with E-state index in [2.05, 4.69) is 27.6 Å². The van der Waals surface area contributed by atoms with Crippen LogP contribution in [0.25, 0.3) is 6.08 Å². The van der Waals surface area contributed by atoms with Crippen molar-refractivity contribution in [3.05, 3.63) is 62.7 Å². The number of halogens is 1. The van der Waals surface area contributed by atoms with Gasteiger partial charge in [0.1, 0.15) is 5.76 Å². The van der Waals surface area contributed by atoms with E-state index in [-0.39, 0.29) is 5.70 Å². The molecule has 5 heteroatoms. The van der Waals surface area contributed by atoms with Crippen LogP contribution in [0.1, 0.15) is 16.9 Å². The van der Waals surface area contributed by atoms with Crippen LogP contribution in [0.3, 0.4) is 0 Å². The fourth-order valence-corrected chi connectivity index (χ4v) is 2.31. The van der Waals surface area contributed by atoms with E-state index in [1.165, 1.54) is 0 Å². The molecule has 0 N–H and O–H groups in total. The number of hydrogen-bond acceptors (Lipinski definition) is 4. The molecular weight excluding hydrogens is 369 g/mol. The lowest BCUT2D eigenvalue weighted by atomic mass is 10.1. The third kappa shape index (κ3) is 2.53. The second-order valence-corrected chi connectivity index (χ2v) is 5.36. The quantitative estimate of drug-likeness (QED) is 0.456. The fraction of sp³-hybridized carbons (Fsp3) is 0.0667. The average Bonchev–Trinajstić information content (AvgIpc) is 2.98. The van der Waals surface area contributed by atoms with Crippen molar-refractivity contribution in [2.45, 2.75) is 6.92 Å². The van der Waals surface area contributed by atoms with E-state index in [9.17, 15) is 4.79 Å². The Morgan fingerprint density at radius 3 is 2.70 bits per heavy atom. The zero-order valence-electron chi connectivity index (χ0n) is 10.6. The Bertz CT molecular complexity index is 743. The lowest BCUT2D eigenvalue weighted by Crippen LogP contribution is -2.06. The molecule has 1 aliphatic rings. The summed E-state index contributed by atoms with van der Waals surface area (Å²) in [4.78, 5) is 16.1. The van der Waals surface area contributed by atoms with Crippen molar-refractivity contribution in [1.29, 1.82) is 0 Å². The number of ether oxygens (including phenoxy) is 1. The van der Waals surface area contributed by atoms with Crippen LogP contribution in [-0.4, -0.2) is 11.9 Å². The molecule has 1 aromatic heterocycles. The summed E-state index contributed by atoms with van der Waals surface area (Å²) in [5, 5.41) is 0. The number of carbonyl (C=O) groups excluding carboxylic acids is 1. The Morgan fingerprint density at radius 1 is 1.20 bits per heavy atom. The lowest BCUT2D eigenvalue weighted by molar-refractivity contribution is -0.129. The molecular formula is C15H10INO3. The molecule has 0 radical (unpaired) electrons. The molecule has 0 saturated carbocycles. The molecule has 2 heterocycles. The SMILES string of the molecule is Cc1ccccc1C1=NC(=Cc2ccc(I)o2)C(=O)O1.